The molecular weight excluding hydrogens is 477 g/mol. The van der Waals surface area contributed by atoms with E-state index in [1.807, 2.05) is 4.90 Å². The second-order valence-corrected chi connectivity index (χ2v) is 9.17. The molecular formula is C25H25F7N2O. The van der Waals surface area contributed by atoms with Gasteiger partial charge in [-0.3, -0.25) is 4.79 Å². The molecule has 0 amide bonds. The number of carbonyl (C=O) groups is 1. The van der Waals surface area contributed by atoms with Crippen molar-refractivity contribution >= 4 is 11.5 Å². The van der Waals surface area contributed by atoms with Crippen LogP contribution in [0.2, 0.25) is 0 Å². The van der Waals surface area contributed by atoms with Crippen LogP contribution in [0, 0.1) is 5.82 Å². The fourth-order valence-electron chi connectivity index (χ4n) is 4.92. The second kappa shape index (κ2) is 9.79. The van der Waals surface area contributed by atoms with Gasteiger partial charge in [-0.25, -0.2) is 4.39 Å². The van der Waals surface area contributed by atoms with Crippen LogP contribution in [0.1, 0.15) is 52.7 Å². The van der Waals surface area contributed by atoms with Crippen molar-refractivity contribution < 1.29 is 35.5 Å². The second-order valence-electron chi connectivity index (χ2n) is 9.17. The number of halogens is 7. The minimum absolute atomic E-state index is 0.248. The Balaban J connectivity index is 1.56. The van der Waals surface area contributed by atoms with E-state index in [1.165, 1.54) is 6.07 Å². The maximum Gasteiger partial charge on any atom is 0.416 e. The Bertz CT molecular complexity index is 1070. The third-order valence-electron chi connectivity index (χ3n) is 6.70. The van der Waals surface area contributed by atoms with Crippen LogP contribution in [-0.2, 0) is 18.8 Å². The van der Waals surface area contributed by atoms with Gasteiger partial charge < -0.3 is 9.80 Å². The fraction of sp³-hybridized carbons (Fsp3) is 0.480. The van der Waals surface area contributed by atoms with E-state index in [-0.39, 0.29) is 16.8 Å². The van der Waals surface area contributed by atoms with Gasteiger partial charge in [0.2, 0.25) is 0 Å². The van der Waals surface area contributed by atoms with Gasteiger partial charge in [-0.05, 0) is 80.7 Å². The summed E-state index contributed by atoms with van der Waals surface area (Å²) in [6, 6.07) is 5.16. The summed E-state index contributed by atoms with van der Waals surface area (Å²) in [5.74, 6) is -1.99. The molecule has 2 aliphatic rings. The van der Waals surface area contributed by atoms with Crippen molar-refractivity contribution in [2.45, 2.75) is 50.5 Å². The Morgan fingerprint density at radius 2 is 1.40 bits per heavy atom. The predicted molar refractivity (Wildman–Crippen MR) is 117 cm³/mol. The van der Waals surface area contributed by atoms with E-state index in [0.29, 0.717) is 37.3 Å². The molecule has 190 valence electrons. The van der Waals surface area contributed by atoms with E-state index in [4.69, 9.17) is 0 Å². The molecule has 2 fully saturated rings. The number of likely N-dealkylation sites (tertiary alicyclic amines) is 1. The number of alkyl halides is 6. The van der Waals surface area contributed by atoms with E-state index >= 15 is 0 Å². The summed E-state index contributed by atoms with van der Waals surface area (Å²) < 4.78 is 93.5. The van der Waals surface area contributed by atoms with Gasteiger partial charge in [0.05, 0.1) is 11.1 Å². The topological polar surface area (TPSA) is 23.6 Å². The summed E-state index contributed by atoms with van der Waals surface area (Å²) >= 11 is 0. The van der Waals surface area contributed by atoms with Gasteiger partial charge in [-0.2, -0.15) is 26.3 Å². The maximum atomic E-state index is 13.7. The summed E-state index contributed by atoms with van der Waals surface area (Å²) in [6.07, 6.45) is -6.29. The Hall–Kier alpha value is -2.62. The largest absolute Gasteiger partial charge is 0.416 e. The number of rotatable bonds is 5. The smallest absolute Gasteiger partial charge is 0.371 e. The minimum atomic E-state index is -4.82. The SMILES string of the molecule is O=C(Cc1cc(F)cc(C(F)(F)F)c1)c1cc(N2CCC(N3CCCC3)CC2)cc(C(F)(F)F)c1. The van der Waals surface area contributed by atoms with Crippen LogP contribution in [0.25, 0.3) is 0 Å². The molecule has 0 saturated carbocycles. The third kappa shape index (κ3) is 6.15. The molecule has 2 aliphatic heterocycles. The first kappa shape index (κ1) is 25.5. The summed E-state index contributed by atoms with van der Waals surface area (Å²) in [7, 11) is 0. The molecule has 2 saturated heterocycles. The molecule has 0 spiro atoms. The normalized spacial score (nSPS) is 18.3. The molecule has 0 N–H and O–H groups in total. The van der Waals surface area contributed by atoms with Gasteiger partial charge in [-0.1, -0.05) is 0 Å². The van der Waals surface area contributed by atoms with Crippen LogP contribution in [0.3, 0.4) is 0 Å². The standard InChI is InChI=1S/C25H25F7N2O/c26-20-10-16(9-18(14-20)24(27,28)29)11-23(35)17-12-19(25(30,31)32)15-22(13-17)34-7-3-21(4-8-34)33-5-1-2-6-33/h9-10,12-15,21H,1-8,11H2. The van der Waals surface area contributed by atoms with E-state index in [2.05, 4.69) is 4.90 Å². The van der Waals surface area contributed by atoms with Crippen LogP contribution in [0.15, 0.2) is 36.4 Å². The van der Waals surface area contributed by atoms with E-state index in [1.54, 1.807) is 0 Å². The van der Waals surface area contributed by atoms with Crippen molar-refractivity contribution in [2.24, 2.45) is 0 Å². The predicted octanol–water partition coefficient (Wildman–Crippen LogP) is 6.35. The number of anilines is 1. The average molecular weight is 502 g/mol. The minimum Gasteiger partial charge on any atom is -0.371 e. The molecule has 0 bridgehead atoms. The number of nitrogens with zero attached hydrogens (tertiary/aromatic N) is 2. The Kier molecular flexibility index (Phi) is 7.13. The highest BCUT2D eigenvalue weighted by Gasteiger charge is 2.34. The molecule has 0 unspecified atom stereocenters. The van der Waals surface area contributed by atoms with Crippen LogP contribution < -0.4 is 4.90 Å². The number of ketones is 1. The lowest BCUT2D eigenvalue weighted by Gasteiger charge is -2.38. The molecule has 2 aromatic rings. The number of hydrogen-bond acceptors (Lipinski definition) is 3. The quantitative estimate of drug-likeness (QED) is 0.352. The van der Waals surface area contributed by atoms with Crippen molar-refractivity contribution in [1.29, 1.82) is 0 Å². The van der Waals surface area contributed by atoms with Crippen molar-refractivity contribution in [3.8, 4) is 0 Å². The first-order chi connectivity index (χ1) is 16.4. The highest BCUT2D eigenvalue weighted by atomic mass is 19.4. The molecule has 35 heavy (non-hydrogen) atoms. The molecule has 4 rings (SSSR count). The van der Waals surface area contributed by atoms with Crippen LogP contribution in [0.5, 0.6) is 0 Å². The van der Waals surface area contributed by atoms with E-state index in [9.17, 15) is 35.5 Å². The summed E-state index contributed by atoms with van der Waals surface area (Å²) in [6.45, 7) is 3.13. The van der Waals surface area contributed by atoms with E-state index < -0.39 is 41.5 Å². The summed E-state index contributed by atoms with van der Waals surface area (Å²) in [5, 5.41) is 0. The van der Waals surface area contributed by atoms with Gasteiger partial charge in [0.1, 0.15) is 5.82 Å². The monoisotopic (exact) mass is 502 g/mol. The number of piperidine rings is 1. The van der Waals surface area contributed by atoms with Gasteiger partial charge >= 0.3 is 12.4 Å². The molecule has 2 heterocycles. The van der Waals surface area contributed by atoms with Crippen LogP contribution >= 0.6 is 0 Å². The molecule has 0 atom stereocenters. The van der Waals surface area contributed by atoms with Gasteiger partial charge in [0.25, 0.3) is 0 Å². The first-order valence-electron chi connectivity index (χ1n) is 11.5. The van der Waals surface area contributed by atoms with Crippen molar-refractivity contribution in [1.82, 2.24) is 4.90 Å². The lowest BCUT2D eigenvalue weighted by atomic mass is 9.97. The zero-order valence-corrected chi connectivity index (χ0v) is 18.9. The summed E-state index contributed by atoms with van der Waals surface area (Å²) in [5.41, 5.74) is -2.54. The molecule has 2 aromatic carbocycles. The third-order valence-corrected chi connectivity index (χ3v) is 6.70. The van der Waals surface area contributed by atoms with Gasteiger partial charge in [0.15, 0.2) is 5.78 Å². The highest BCUT2D eigenvalue weighted by molar-refractivity contribution is 5.98. The molecule has 3 nitrogen and oxygen atoms in total. The lowest BCUT2D eigenvalue weighted by molar-refractivity contribution is -0.138. The Morgan fingerprint density at radius 1 is 0.800 bits per heavy atom. The summed E-state index contributed by atoms with van der Waals surface area (Å²) in [4.78, 5) is 17.0. The van der Waals surface area contributed by atoms with Crippen molar-refractivity contribution in [3.05, 3.63) is 64.5 Å². The lowest BCUT2D eigenvalue weighted by Crippen LogP contribution is -2.44. The Morgan fingerprint density at radius 3 is 2.00 bits per heavy atom. The average Bonchev–Trinajstić information content (AvgIpc) is 3.32. The van der Waals surface area contributed by atoms with Crippen molar-refractivity contribution in [3.63, 3.8) is 0 Å². The number of Topliss-reactive ketones (excluding diaryl/α,β-unsaturated/α-hetero) is 1. The van der Waals surface area contributed by atoms with Gasteiger partial charge in [0, 0.05) is 36.8 Å². The number of benzene rings is 2. The number of hydrogen-bond donors (Lipinski definition) is 0. The Labute approximate surface area is 198 Å². The number of carbonyl (C=O) groups excluding carboxylic acids is 1. The van der Waals surface area contributed by atoms with Crippen molar-refractivity contribution in [2.75, 3.05) is 31.1 Å². The maximum absolute atomic E-state index is 13.7. The van der Waals surface area contributed by atoms with Crippen LogP contribution in [-0.4, -0.2) is 42.9 Å². The molecule has 0 radical (unpaired) electrons. The highest BCUT2D eigenvalue weighted by Crippen LogP contribution is 2.35. The van der Waals surface area contributed by atoms with E-state index in [0.717, 1.165) is 50.9 Å². The zero-order chi connectivity index (χ0) is 25.4. The first-order valence-corrected chi connectivity index (χ1v) is 11.5. The molecule has 0 aromatic heterocycles. The zero-order valence-electron chi connectivity index (χ0n) is 18.9. The van der Waals surface area contributed by atoms with Crippen LogP contribution in [0.4, 0.5) is 36.4 Å². The fourth-order valence-corrected chi connectivity index (χ4v) is 4.92. The molecule has 0 aliphatic carbocycles. The van der Waals surface area contributed by atoms with Gasteiger partial charge in [-0.15, -0.1) is 0 Å². The molecule has 10 heteroatoms.